The number of rotatable bonds is 1. The largest absolute Gasteiger partial charge is 0.435 e. The predicted molar refractivity (Wildman–Crippen MR) is 50.4 cm³/mol. The summed E-state index contributed by atoms with van der Waals surface area (Å²) in [6.07, 6.45) is 1.73. The second-order valence-electron chi connectivity index (χ2n) is 2.86. The fourth-order valence-electron chi connectivity index (χ4n) is 1.30. The van der Waals surface area contributed by atoms with Crippen LogP contribution in [0.25, 0.3) is 22.7 Å². The van der Waals surface area contributed by atoms with E-state index >= 15 is 0 Å². The van der Waals surface area contributed by atoms with Crippen LogP contribution in [0.15, 0.2) is 34.9 Å². The molecule has 0 aliphatic rings. The van der Waals surface area contributed by atoms with Crippen LogP contribution in [-0.2, 0) is 0 Å². The minimum Gasteiger partial charge on any atom is -0.435 e. The number of hydrogen-bond donors (Lipinski definition) is 1. The van der Waals surface area contributed by atoms with Crippen molar-refractivity contribution in [1.82, 2.24) is 15.2 Å². The van der Waals surface area contributed by atoms with Crippen molar-refractivity contribution >= 4 is 11.1 Å². The van der Waals surface area contributed by atoms with Crippen molar-refractivity contribution in [2.45, 2.75) is 0 Å². The van der Waals surface area contributed by atoms with Crippen molar-refractivity contribution in [3.8, 4) is 11.6 Å². The van der Waals surface area contributed by atoms with Crippen molar-refractivity contribution in [1.29, 1.82) is 0 Å². The Bertz CT molecular complexity index is 521. The number of hydrogen-bond acceptors (Lipinski definition) is 3. The van der Waals surface area contributed by atoms with E-state index in [2.05, 4.69) is 21.2 Å². The Balaban J connectivity index is 2.24. The van der Waals surface area contributed by atoms with Crippen LogP contribution in [-0.4, -0.2) is 15.2 Å². The second kappa shape index (κ2) is 2.70. The molecule has 2 aromatic heterocycles. The van der Waals surface area contributed by atoms with Gasteiger partial charge in [0, 0.05) is 12.3 Å². The molecule has 0 saturated carbocycles. The molecule has 4 nitrogen and oxygen atoms in total. The molecule has 0 aliphatic carbocycles. The summed E-state index contributed by atoms with van der Waals surface area (Å²) in [7, 11) is 0. The van der Waals surface area contributed by atoms with Gasteiger partial charge in [0.05, 0.1) is 0 Å². The van der Waals surface area contributed by atoms with Crippen LogP contribution >= 0.6 is 0 Å². The number of aromatic nitrogens is 3. The topological polar surface area (TPSA) is 54.7 Å². The van der Waals surface area contributed by atoms with Gasteiger partial charge in [-0.15, -0.1) is 0 Å². The molecule has 0 saturated heterocycles. The fraction of sp³-hybridized carbons (Fsp3) is 0. The zero-order chi connectivity index (χ0) is 9.38. The number of para-hydroxylation sites is 1. The van der Waals surface area contributed by atoms with Gasteiger partial charge >= 0.3 is 0 Å². The molecule has 0 spiro atoms. The quantitative estimate of drug-likeness (QED) is 0.629. The van der Waals surface area contributed by atoms with E-state index in [1.807, 2.05) is 18.2 Å². The van der Waals surface area contributed by atoms with Gasteiger partial charge in [0.2, 0.25) is 5.89 Å². The number of nitrogens with one attached hydrogen (secondary N) is 1. The molecule has 0 atom stereocenters. The van der Waals surface area contributed by atoms with Gasteiger partial charge in [-0.05, 0) is 12.1 Å². The Morgan fingerprint density at radius 1 is 1.36 bits per heavy atom. The molecular formula is C10H6N3O. The van der Waals surface area contributed by atoms with Crippen molar-refractivity contribution in [2.75, 3.05) is 0 Å². The fourth-order valence-corrected chi connectivity index (χ4v) is 1.30. The number of H-pyrrole nitrogens is 1. The maximum Gasteiger partial charge on any atom is 0.248 e. The summed E-state index contributed by atoms with van der Waals surface area (Å²) < 4.78 is 5.49. The van der Waals surface area contributed by atoms with E-state index in [1.165, 1.54) is 0 Å². The third-order valence-corrected chi connectivity index (χ3v) is 1.94. The highest BCUT2D eigenvalue weighted by Crippen LogP contribution is 2.21. The molecule has 1 aromatic carbocycles. The summed E-state index contributed by atoms with van der Waals surface area (Å²) in [5.41, 5.74) is 2.16. The van der Waals surface area contributed by atoms with Crippen LogP contribution in [0.2, 0.25) is 0 Å². The zero-order valence-electron chi connectivity index (χ0n) is 7.19. The number of oxazole rings is 1. The first kappa shape index (κ1) is 7.32. The van der Waals surface area contributed by atoms with E-state index in [-0.39, 0.29) is 0 Å². The monoisotopic (exact) mass is 184 g/mol. The lowest BCUT2D eigenvalue weighted by Crippen LogP contribution is -1.75. The highest BCUT2D eigenvalue weighted by Gasteiger charge is 2.08. The second-order valence-corrected chi connectivity index (χ2v) is 2.86. The van der Waals surface area contributed by atoms with E-state index in [0.29, 0.717) is 11.6 Å². The lowest BCUT2D eigenvalue weighted by molar-refractivity contribution is 0.616. The van der Waals surface area contributed by atoms with Crippen molar-refractivity contribution in [3.63, 3.8) is 0 Å². The molecule has 4 heteroatoms. The van der Waals surface area contributed by atoms with Gasteiger partial charge < -0.3 is 4.42 Å². The molecule has 0 fully saturated rings. The van der Waals surface area contributed by atoms with Gasteiger partial charge in [-0.25, -0.2) is 4.98 Å². The SMILES string of the molecule is [c]1cccc2oc(-c3cc[nH]n3)nc12. The van der Waals surface area contributed by atoms with E-state index < -0.39 is 0 Å². The van der Waals surface area contributed by atoms with Crippen LogP contribution < -0.4 is 0 Å². The average Bonchev–Trinajstić information content (AvgIpc) is 2.86. The molecule has 67 valence electrons. The first-order valence-electron chi connectivity index (χ1n) is 4.21. The third-order valence-electron chi connectivity index (χ3n) is 1.94. The zero-order valence-corrected chi connectivity index (χ0v) is 7.19. The lowest BCUT2D eigenvalue weighted by Gasteiger charge is -1.83. The standard InChI is InChI=1S/C10H6N3O/c1-2-4-9-7(3-1)12-10(14-9)8-5-6-11-13-8/h1-2,4-6H,(H,11,13). The maximum atomic E-state index is 5.49. The Morgan fingerprint density at radius 2 is 2.36 bits per heavy atom. The molecule has 3 aromatic rings. The molecule has 1 N–H and O–H groups in total. The molecule has 0 aliphatic heterocycles. The van der Waals surface area contributed by atoms with Crippen LogP contribution in [0.1, 0.15) is 0 Å². The Morgan fingerprint density at radius 3 is 3.14 bits per heavy atom. The summed E-state index contributed by atoms with van der Waals surface area (Å²) in [4.78, 5) is 4.25. The van der Waals surface area contributed by atoms with E-state index in [9.17, 15) is 0 Å². The van der Waals surface area contributed by atoms with Gasteiger partial charge in [-0.1, -0.05) is 12.1 Å². The number of nitrogens with zero attached hydrogens (tertiary/aromatic N) is 2. The summed E-state index contributed by atoms with van der Waals surface area (Å²) >= 11 is 0. The summed E-state index contributed by atoms with van der Waals surface area (Å²) in [5.74, 6) is 0.517. The molecular weight excluding hydrogens is 178 g/mol. The lowest BCUT2D eigenvalue weighted by atomic mass is 10.3. The maximum absolute atomic E-state index is 5.49. The number of aromatic amines is 1. The Hall–Kier alpha value is -2.10. The van der Waals surface area contributed by atoms with Crippen LogP contribution in [0, 0.1) is 6.07 Å². The predicted octanol–water partition coefficient (Wildman–Crippen LogP) is 2.02. The molecule has 3 rings (SSSR count). The smallest absolute Gasteiger partial charge is 0.248 e. The number of fused-ring (bicyclic) bond motifs is 1. The van der Waals surface area contributed by atoms with E-state index in [1.54, 1.807) is 12.3 Å². The average molecular weight is 184 g/mol. The molecule has 0 bridgehead atoms. The summed E-state index contributed by atoms with van der Waals surface area (Å²) in [6.45, 7) is 0. The van der Waals surface area contributed by atoms with Crippen molar-refractivity contribution in [3.05, 3.63) is 36.5 Å². The normalized spacial score (nSPS) is 10.9. The van der Waals surface area contributed by atoms with E-state index in [0.717, 1.165) is 11.1 Å². The Kier molecular flexibility index (Phi) is 1.41. The van der Waals surface area contributed by atoms with Gasteiger partial charge in [-0.2, -0.15) is 5.10 Å². The van der Waals surface area contributed by atoms with Crippen LogP contribution in [0.5, 0.6) is 0 Å². The molecule has 0 unspecified atom stereocenters. The van der Waals surface area contributed by atoms with Crippen molar-refractivity contribution in [2.24, 2.45) is 0 Å². The van der Waals surface area contributed by atoms with Crippen LogP contribution in [0.3, 0.4) is 0 Å². The molecule has 14 heavy (non-hydrogen) atoms. The minimum atomic E-state index is 0.517. The number of benzene rings is 1. The van der Waals surface area contributed by atoms with Gasteiger partial charge in [0.1, 0.15) is 11.2 Å². The third kappa shape index (κ3) is 1.01. The first-order chi connectivity index (χ1) is 6.93. The van der Waals surface area contributed by atoms with E-state index in [4.69, 9.17) is 4.42 Å². The van der Waals surface area contributed by atoms with Gasteiger partial charge in [0.25, 0.3) is 0 Å². The van der Waals surface area contributed by atoms with Crippen molar-refractivity contribution < 1.29 is 4.42 Å². The van der Waals surface area contributed by atoms with Crippen LogP contribution in [0.4, 0.5) is 0 Å². The van der Waals surface area contributed by atoms with Gasteiger partial charge in [-0.3, -0.25) is 5.10 Å². The Labute approximate surface area is 79.6 Å². The van der Waals surface area contributed by atoms with Gasteiger partial charge in [0.15, 0.2) is 5.58 Å². The first-order valence-corrected chi connectivity index (χ1v) is 4.21. The summed E-state index contributed by atoms with van der Waals surface area (Å²) in [5, 5.41) is 6.70. The minimum absolute atomic E-state index is 0.517. The summed E-state index contributed by atoms with van der Waals surface area (Å²) in [6, 6.07) is 10.3. The molecule has 0 amide bonds. The highest BCUT2D eigenvalue weighted by molar-refractivity contribution is 5.74. The molecule has 2 heterocycles. The molecule has 1 radical (unpaired) electrons. The highest BCUT2D eigenvalue weighted by atomic mass is 16.3.